The van der Waals surface area contributed by atoms with E-state index in [1.165, 1.54) is 12.1 Å². The van der Waals surface area contributed by atoms with Crippen molar-refractivity contribution >= 4 is 0 Å². The molecule has 0 saturated heterocycles. The summed E-state index contributed by atoms with van der Waals surface area (Å²) in [5, 5.41) is 3.20. The molecule has 0 atom stereocenters. The van der Waals surface area contributed by atoms with Gasteiger partial charge in [0.05, 0.1) is 7.11 Å². The van der Waals surface area contributed by atoms with Crippen molar-refractivity contribution in [1.82, 2.24) is 5.32 Å². The summed E-state index contributed by atoms with van der Waals surface area (Å²) < 4.78 is 33.2. The Balaban J connectivity index is 2.54. The second-order valence-electron chi connectivity index (χ2n) is 4.88. The minimum atomic E-state index is -0.420. The summed E-state index contributed by atoms with van der Waals surface area (Å²) in [5.41, 5.74) is 2.12. The molecule has 2 rings (SSSR count). The van der Waals surface area contributed by atoms with Gasteiger partial charge in [-0.05, 0) is 54.4 Å². The van der Waals surface area contributed by atoms with Crippen molar-refractivity contribution in [3.8, 4) is 16.9 Å². The van der Waals surface area contributed by atoms with Crippen LogP contribution in [0.3, 0.4) is 0 Å². The maximum atomic E-state index is 14.2. The third kappa shape index (κ3) is 3.39. The normalized spacial score (nSPS) is 10.7. The first-order chi connectivity index (χ1) is 10.1. The standard InChI is InChI=1S/C17H19F2NO/c1-4-20-10-12-8-13(21-3)5-6-14(12)15-9-16(18)11(2)7-17(15)19/h5-9,20H,4,10H2,1-3H3. The highest BCUT2D eigenvalue weighted by atomic mass is 19.1. The fourth-order valence-corrected chi connectivity index (χ4v) is 2.22. The Kier molecular flexibility index (Phi) is 4.91. The van der Waals surface area contributed by atoms with Gasteiger partial charge in [-0.2, -0.15) is 0 Å². The maximum Gasteiger partial charge on any atom is 0.131 e. The Morgan fingerprint density at radius 2 is 1.81 bits per heavy atom. The predicted octanol–water partition coefficient (Wildman–Crippen LogP) is 4.06. The Morgan fingerprint density at radius 3 is 2.48 bits per heavy atom. The monoisotopic (exact) mass is 291 g/mol. The lowest BCUT2D eigenvalue weighted by molar-refractivity contribution is 0.414. The number of nitrogens with one attached hydrogen (secondary N) is 1. The first-order valence-corrected chi connectivity index (χ1v) is 6.90. The van der Waals surface area contributed by atoms with Gasteiger partial charge in [0.2, 0.25) is 0 Å². The van der Waals surface area contributed by atoms with Gasteiger partial charge < -0.3 is 10.1 Å². The Labute approximate surface area is 123 Å². The molecular weight excluding hydrogens is 272 g/mol. The summed E-state index contributed by atoms with van der Waals surface area (Å²) in [6.07, 6.45) is 0. The molecule has 4 heteroatoms. The number of methoxy groups -OCH3 is 1. The predicted molar refractivity (Wildman–Crippen MR) is 80.5 cm³/mol. The van der Waals surface area contributed by atoms with Gasteiger partial charge in [-0.25, -0.2) is 8.78 Å². The summed E-state index contributed by atoms with van der Waals surface area (Å²) >= 11 is 0. The molecule has 0 aliphatic carbocycles. The van der Waals surface area contributed by atoms with E-state index in [9.17, 15) is 8.78 Å². The van der Waals surface area contributed by atoms with E-state index < -0.39 is 11.6 Å². The SMILES string of the molecule is CCNCc1cc(OC)ccc1-c1cc(F)c(C)cc1F. The minimum absolute atomic E-state index is 0.272. The Bertz CT molecular complexity index is 641. The summed E-state index contributed by atoms with van der Waals surface area (Å²) in [6, 6.07) is 7.84. The van der Waals surface area contributed by atoms with Crippen molar-refractivity contribution in [3.05, 3.63) is 53.1 Å². The molecule has 112 valence electrons. The first-order valence-electron chi connectivity index (χ1n) is 6.90. The van der Waals surface area contributed by atoms with Crippen LogP contribution in [-0.2, 0) is 6.54 Å². The number of hydrogen-bond acceptors (Lipinski definition) is 2. The van der Waals surface area contributed by atoms with E-state index in [4.69, 9.17) is 4.74 Å². The van der Waals surface area contributed by atoms with Crippen molar-refractivity contribution in [2.45, 2.75) is 20.4 Å². The van der Waals surface area contributed by atoms with Gasteiger partial charge in [-0.15, -0.1) is 0 Å². The number of hydrogen-bond donors (Lipinski definition) is 1. The maximum absolute atomic E-state index is 14.2. The molecule has 0 radical (unpaired) electrons. The second kappa shape index (κ2) is 6.68. The Morgan fingerprint density at radius 1 is 1.05 bits per heavy atom. The van der Waals surface area contributed by atoms with E-state index in [-0.39, 0.29) is 5.56 Å². The lowest BCUT2D eigenvalue weighted by Gasteiger charge is -2.13. The van der Waals surface area contributed by atoms with Crippen LogP contribution in [0, 0.1) is 18.6 Å². The van der Waals surface area contributed by atoms with E-state index in [1.807, 2.05) is 13.0 Å². The average Bonchev–Trinajstić information content (AvgIpc) is 2.48. The molecule has 0 fully saturated rings. The number of halogens is 2. The molecule has 0 heterocycles. The Hall–Kier alpha value is -1.94. The van der Waals surface area contributed by atoms with Crippen LogP contribution in [-0.4, -0.2) is 13.7 Å². The fourth-order valence-electron chi connectivity index (χ4n) is 2.22. The minimum Gasteiger partial charge on any atom is -0.497 e. The van der Waals surface area contributed by atoms with Crippen molar-refractivity contribution in [1.29, 1.82) is 0 Å². The highest BCUT2D eigenvalue weighted by molar-refractivity contribution is 5.69. The van der Waals surface area contributed by atoms with E-state index in [2.05, 4.69) is 5.32 Å². The third-order valence-electron chi connectivity index (χ3n) is 3.42. The second-order valence-corrected chi connectivity index (χ2v) is 4.88. The van der Waals surface area contributed by atoms with Gasteiger partial charge in [0, 0.05) is 12.1 Å². The lowest BCUT2D eigenvalue weighted by atomic mass is 9.97. The van der Waals surface area contributed by atoms with Crippen LogP contribution in [0.1, 0.15) is 18.1 Å². The van der Waals surface area contributed by atoms with Crippen molar-refractivity contribution in [2.24, 2.45) is 0 Å². The number of benzene rings is 2. The number of rotatable bonds is 5. The van der Waals surface area contributed by atoms with Crippen molar-refractivity contribution in [2.75, 3.05) is 13.7 Å². The van der Waals surface area contributed by atoms with E-state index in [0.29, 0.717) is 23.4 Å². The zero-order chi connectivity index (χ0) is 15.4. The van der Waals surface area contributed by atoms with Crippen LogP contribution < -0.4 is 10.1 Å². The third-order valence-corrected chi connectivity index (χ3v) is 3.42. The summed E-state index contributed by atoms with van der Waals surface area (Å²) in [4.78, 5) is 0. The van der Waals surface area contributed by atoms with Gasteiger partial charge in [0.25, 0.3) is 0 Å². The topological polar surface area (TPSA) is 21.3 Å². The molecule has 0 bridgehead atoms. The largest absolute Gasteiger partial charge is 0.497 e. The summed E-state index contributed by atoms with van der Waals surface area (Å²) in [6.45, 7) is 4.90. The average molecular weight is 291 g/mol. The van der Waals surface area contributed by atoms with Gasteiger partial charge in [-0.3, -0.25) is 0 Å². The summed E-state index contributed by atoms with van der Waals surface area (Å²) in [7, 11) is 1.58. The number of aryl methyl sites for hydroxylation is 1. The molecular formula is C17H19F2NO. The molecule has 0 amide bonds. The van der Waals surface area contributed by atoms with Crippen LogP contribution in [0.2, 0.25) is 0 Å². The van der Waals surface area contributed by atoms with Crippen molar-refractivity contribution < 1.29 is 13.5 Å². The molecule has 0 aromatic heterocycles. The van der Waals surface area contributed by atoms with Gasteiger partial charge in [0.1, 0.15) is 17.4 Å². The molecule has 0 saturated carbocycles. The molecule has 0 unspecified atom stereocenters. The smallest absolute Gasteiger partial charge is 0.131 e. The van der Waals surface area contributed by atoms with Crippen LogP contribution in [0.25, 0.3) is 11.1 Å². The number of ether oxygens (including phenoxy) is 1. The molecule has 2 aromatic carbocycles. The quantitative estimate of drug-likeness (QED) is 0.897. The van der Waals surface area contributed by atoms with Gasteiger partial charge in [-0.1, -0.05) is 13.0 Å². The first kappa shape index (κ1) is 15.4. The zero-order valence-electron chi connectivity index (χ0n) is 12.5. The van der Waals surface area contributed by atoms with Crippen LogP contribution >= 0.6 is 0 Å². The molecule has 1 N–H and O–H groups in total. The van der Waals surface area contributed by atoms with Crippen LogP contribution in [0.15, 0.2) is 30.3 Å². The zero-order valence-corrected chi connectivity index (χ0v) is 12.5. The highest BCUT2D eigenvalue weighted by Crippen LogP contribution is 2.31. The van der Waals surface area contributed by atoms with E-state index >= 15 is 0 Å². The lowest BCUT2D eigenvalue weighted by Crippen LogP contribution is -2.12. The van der Waals surface area contributed by atoms with Crippen molar-refractivity contribution in [3.63, 3.8) is 0 Å². The highest BCUT2D eigenvalue weighted by Gasteiger charge is 2.13. The molecule has 21 heavy (non-hydrogen) atoms. The molecule has 0 aliphatic heterocycles. The van der Waals surface area contributed by atoms with E-state index in [0.717, 1.165) is 12.1 Å². The van der Waals surface area contributed by atoms with Crippen LogP contribution in [0.5, 0.6) is 5.75 Å². The van der Waals surface area contributed by atoms with E-state index in [1.54, 1.807) is 26.2 Å². The molecule has 0 aliphatic rings. The van der Waals surface area contributed by atoms with Crippen LogP contribution in [0.4, 0.5) is 8.78 Å². The molecule has 2 aromatic rings. The molecule has 0 spiro atoms. The fraction of sp³-hybridized carbons (Fsp3) is 0.294. The van der Waals surface area contributed by atoms with Gasteiger partial charge in [0.15, 0.2) is 0 Å². The molecule has 2 nitrogen and oxygen atoms in total. The van der Waals surface area contributed by atoms with Gasteiger partial charge >= 0.3 is 0 Å². The summed E-state index contributed by atoms with van der Waals surface area (Å²) in [5.74, 6) is -0.131.